The van der Waals surface area contributed by atoms with Gasteiger partial charge in [0.15, 0.2) is 16.7 Å². The fourth-order valence-electron chi connectivity index (χ4n) is 3.99. The van der Waals surface area contributed by atoms with Gasteiger partial charge in [-0.15, -0.1) is 0 Å². The fraction of sp³-hybridized carbons (Fsp3) is 0.346. The van der Waals surface area contributed by atoms with Crippen molar-refractivity contribution in [3.63, 3.8) is 0 Å². The Morgan fingerprint density at radius 2 is 1.86 bits per heavy atom. The van der Waals surface area contributed by atoms with Gasteiger partial charge in [-0.25, -0.2) is 9.97 Å². The van der Waals surface area contributed by atoms with E-state index in [1.807, 2.05) is 44.2 Å². The molecule has 9 heteroatoms. The Morgan fingerprint density at radius 1 is 1.11 bits per heavy atom. The van der Waals surface area contributed by atoms with Crippen LogP contribution >= 0.6 is 23.4 Å². The molecule has 4 rings (SSSR count). The molecule has 0 bridgehead atoms. The lowest BCUT2D eigenvalue weighted by Crippen LogP contribution is -2.31. The summed E-state index contributed by atoms with van der Waals surface area (Å²) in [5.74, 6) is 2.80. The number of thioether (sulfide) groups is 1. The predicted octanol–water partition coefficient (Wildman–Crippen LogP) is 5.14. The number of hydrogen-bond donors (Lipinski definition) is 1. The number of rotatable bonds is 8. The number of carbonyl (C=O) groups excluding carboxylic acids is 1. The van der Waals surface area contributed by atoms with Gasteiger partial charge in [0.1, 0.15) is 11.0 Å². The topological polar surface area (TPSA) is 76.6 Å². The quantitative estimate of drug-likeness (QED) is 0.254. The Labute approximate surface area is 215 Å². The minimum absolute atomic E-state index is 0.0761. The molecule has 1 amide bonds. The van der Waals surface area contributed by atoms with Gasteiger partial charge in [0, 0.05) is 36.5 Å². The van der Waals surface area contributed by atoms with E-state index in [0.29, 0.717) is 28.2 Å². The normalized spacial score (nSPS) is 12.9. The molecule has 2 aromatic carbocycles. The number of ether oxygens (including phenoxy) is 2. The Morgan fingerprint density at radius 3 is 2.57 bits per heavy atom. The van der Waals surface area contributed by atoms with E-state index in [4.69, 9.17) is 26.1 Å². The van der Waals surface area contributed by atoms with Gasteiger partial charge in [0.05, 0.1) is 14.2 Å². The van der Waals surface area contributed by atoms with Crippen LogP contribution in [-0.2, 0) is 18.7 Å². The maximum Gasteiger partial charge on any atom is 0.251 e. The number of halogens is 1. The van der Waals surface area contributed by atoms with Crippen LogP contribution in [0.25, 0.3) is 0 Å². The van der Waals surface area contributed by atoms with Crippen LogP contribution in [0.2, 0.25) is 5.15 Å². The van der Waals surface area contributed by atoms with Crippen LogP contribution < -0.4 is 19.7 Å². The molecular weight excluding hydrogens is 484 g/mol. The molecule has 0 unspecified atom stereocenters. The average molecular weight is 513 g/mol. The van der Waals surface area contributed by atoms with E-state index in [-0.39, 0.29) is 11.9 Å². The standard InChI is InChI=1S/C26H29ClN4O3S/c1-16(2)28-25(32)19-7-5-6-17(10-19)15-35-26-29-23(27)13-24(30-26)31-9-8-18-11-21(33-3)22(34-4)12-20(18)14-31/h5-7,10-13,16H,8-9,14-15H2,1-4H3,(H,28,32). The van der Waals surface area contributed by atoms with E-state index in [2.05, 4.69) is 21.3 Å². The number of amides is 1. The maximum absolute atomic E-state index is 12.3. The Bertz CT molecular complexity index is 1220. The van der Waals surface area contributed by atoms with Crippen molar-refractivity contribution in [3.05, 3.63) is 69.9 Å². The minimum atomic E-state index is -0.0761. The number of anilines is 1. The minimum Gasteiger partial charge on any atom is -0.493 e. The van der Waals surface area contributed by atoms with Gasteiger partial charge in [0.25, 0.3) is 5.91 Å². The highest BCUT2D eigenvalue weighted by Gasteiger charge is 2.21. The summed E-state index contributed by atoms with van der Waals surface area (Å²) < 4.78 is 10.9. The van der Waals surface area contributed by atoms with E-state index in [1.54, 1.807) is 20.3 Å². The molecule has 7 nitrogen and oxygen atoms in total. The van der Waals surface area contributed by atoms with Crippen molar-refractivity contribution in [2.24, 2.45) is 0 Å². The number of carbonyl (C=O) groups is 1. The largest absolute Gasteiger partial charge is 0.493 e. The molecule has 35 heavy (non-hydrogen) atoms. The number of hydrogen-bond acceptors (Lipinski definition) is 7. The Kier molecular flexibility index (Phi) is 8.03. The van der Waals surface area contributed by atoms with Crippen LogP contribution in [0.3, 0.4) is 0 Å². The van der Waals surface area contributed by atoms with Gasteiger partial charge in [-0.05, 0) is 61.2 Å². The summed E-state index contributed by atoms with van der Waals surface area (Å²) >= 11 is 7.87. The second-order valence-corrected chi connectivity index (χ2v) is 9.93. The van der Waals surface area contributed by atoms with Crippen LogP contribution in [0.1, 0.15) is 40.9 Å². The fourth-order valence-corrected chi connectivity index (χ4v) is 5.01. The summed E-state index contributed by atoms with van der Waals surface area (Å²) in [5.41, 5.74) is 4.08. The van der Waals surface area contributed by atoms with E-state index in [0.717, 1.165) is 35.8 Å². The number of aromatic nitrogens is 2. The van der Waals surface area contributed by atoms with Crippen molar-refractivity contribution >= 4 is 35.1 Å². The highest BCUT2D eigenvalue weighted by Crippen LogP contribution is 2.35. The van der Waals surface area contributed by atoms with E-state index < -0.39 is 0 Å². The third-order valence-electron chi connectivity index (χ3n) is 5.68. The molecule has 0 saturated carbocycles. The van der Waals surface area contributed by atoms with Crippen molar-refractivity contribution in [1.29, 1.82) is 0 Å². The maximum atomic E-state index is 12.3. The van der Waals surface area contributed by atoms with Crippen LogP contribution in [0, 0.1) is 0 Å². The van der Waals surface area contributed by atoms with Crippen LogP contribution in [0.15, 0.2) is 47.6 Å². The smallest absolute Gasteiger partial charge is 0.251 e. The van der Waals surface area contributed by atoms with E-state index in [1.165, 1.54) is 22.9 Å². The Balaban J connectivity index is 1.48. The number of methoxy groups -OCH3 is 2. The number of benzene rings is 2. The molecule has 3 aromatic rings. The van der Waals surface area contributed by atoms with Crippen molar-refractivity contribution in [2.45, 2.75) is 43.8 Å². The van der Waals surface area contributed by atoms with Crippen LogP contribution in [-0.4, -0.2) is 42.7 Å². The zero-order chi connectivity index (χ0) is 24.9. The SMILES string of the molecule is COc1cc2c(cc1OC)CN(c1cc(Cl)nc(SCc3cccc(C(=O)NC(C)C)c3)n1)CC2. The molecular formula is C26H29ClN4O3S. The first kappa shape index (κ1) is 25.1. The molecule has 0 spiro atoms. The zero-order valence-electron chi connectivity index (χ0n) is 20.3. The van der Waals surface area contributed by atoms with Gasteiger partial charge in [-0.3, -0.25) is 4.79 Å². The van der Waals surface area contributed by atoms with Gasteiger partial charge in [-0.1, -0.05) is 35.5 Å². The number of fused-ring (bicyclic) bond motifs is 1. The lowest BCUT2D eigenvalue weighted by molar-refractivity contribution is 0.0943. The summed E-state index contributed by atoms with van der Waals surface area (Å²) in [6.07, 6.45) is 0.866. The van der Waals surface area contributed by atoms with E-state index >= 15 is 0 Å². The number of nitrogens with zero attached hydrogens (tertiary/aromatic N) is 3. The van der Waals surface area contributed by atoms with Crippen LogP contribution in [0.5, 0.6) is 11.5 Å². The highest BCUT2D eigenvalue weighted by atomic mass is 35.5. The van der Waals surface area contributed by atoms with Gasteiger partial charge in [-0.2, -0.15) is 0 Å². The first-order chi connectivity index (χ1) is 16.9. The summed E-state index contributed by atoms with van der Waals surface area (Å²) in [7, 11) is 3.29. The third-order valence-corrected chi connectivity index (χ3v) is 6.79. The molecule has 2 heterocycles. The average Bonchev–Trinajstić information content (AvgIpc) is 2.85. The highest BCUT2D eigenvalue weighted by molar-refractivity contribution is 7.98. The molecule has 1 aliphatic heterocycles. The molecule has 0 fully saturated rings. The second-order valence-electron chi connectivity index (χ2n) is 8.60. The molecule has 1 aromatic heterocycles. The third kappa shape index (κ3) is 6.18. The molecule has 0 aliphatic carbocycles. The monoisotopic (exact) mass is 512 g/mol. The van der Waals surface area contributed by atoms with Gasteiger partial charge >= 0.3 is 0 Å². The zero-order valence-corrected chi connectivity index (χ0v) is 21.9. The summed E-state index contributed by atoms with van der Waals surface area (Å²) in [6, 6.07) is 13.6. The molecule has 1 N–H and O–H groups in total. The van der Waals surface area contributed by atoms with Crippen molar-refractivity contribution in [1.82, 2.24) is 15.3 Å². The van der Waals surface area contributed by atoms with Gasteiger partial charge < -0.3 is 19.7 Å². The van der Waals surface area contributed by atoms with Gasteiger partial charge in [0.2, 0.25) is 0 Å². The lowest BCUT2D eigenvalue weighted by Gasteiger charge is -2.30. The summed E-state index contributed by atoms with van der Waals surface area (Å²) in [5, 5.41) is 3.93. The molecule has 184 valence electrons. The second kappa shape index (κ2) is 11.2. The molecule has 1 aliphatic rings. The summed E-state index contributed by atoms with van der Waals surface area (Å²) in [6.45, 7) is 5.40. The van der Waals surface area contributed by atoms with Crippen molar-refractivity contribution in [2.75, 3.05) is 25.7 Å². The predicted molar refractivity (Wildman–Crippen MR) is 140 cm³/mol. The molecule has 0 radical (unpaired) electrons. The summed E-state index contributed by atoms with van der Waals surface area (Å²) in [4.78, 5) is 23.7. The molecule has 0 saturated heterocycles. The van der Waals surface area contributed by atoms with Crippen molar-refractivity contribution < 1.29 is 14.3 Å². The first-order valence-electron chi connectivity index (χ1n) is 11.4. The number of nitrogens with one attached hydrogen (secondary N) is 1. The van der Waals surface area contributed by atoms with Crippen molar-refractivity contribution in [3.8, 4) is 11.5 Å². The Hall–Kier alpha value is -2.97. The van der Waals surface area contributed by atoms with E-state index in [9.17, 15) is 4.79 Å². The molecule has 0 atom stereocenters. The van der Waals surface area contributed by atoms with Crippen LogP contribution in [0.4, 0.5) is 5.82 Å². The first-order valence-corrected chi connectivity index (χ1v) is 12.8. The lowest BCUT2D eigenvalue weighted by atomic mass is 9.99.